The molecule has 2 amide bonds. The van der Waals surface area contributed by atoms with Gasteiger partial charge in [0.15, 0.2) is 0 Å². The lowest BCUT2D eigenvalue weighted by molar-refractivity contribution is -0.114. The molecular weight excluding hydrogens is 426 g/mol. The molecule has 3 aromatic rings. The van der Waals surface area contributed by atoms with Crippen LogP contribution in [0.3, 0.4) is 0 Å². The smallest absolute Gasteiger partial charge is 0.251 e. The van der Waals surface area contributed by atoms with Crippen molar-refractivity contribution >= 4 is 23.2 Å². The molecule has 0 aliphatic rings. The highest BCUT2D eigenvalue weighted by atomic mass is 16.5. The highest BCUT2D eigenvalue weighted by molar-refractivity contribution is 5.95. The van der Waals surface area contributed by atoms with Gasteiger partial charge >= 0.3 is 0 Å². The van der Waals surface area contributed by atoms with E-state index < -0.39 is 0 Å². The van der Waals surface area contributed by atoms with E-state index in [2.05, 4.69) is 22.9 Å². The van der Waals surface area contributed by atoms with E-state index >= 15 is 0 Å². The fraction of sp³-hybridized carbons (Fsp3) is 0.286. The maximum atomic E-state index is 12.3. The van der Waals surface area contributed by atoms with Gasteiger partial charge in [0.1, 0.15) is 5.75 Å². The van der Waals surface area contributed by atoms with Crippen LogP contribution in [0.4, 0.5) is 11.4 Å². The lowest BCUT2D eigenvalue weighted by Crippen LogP contribution is -2.23. The summed E-state index contributed by atoms with van der Waals surface area (Å²) in [5.41, 5.74) is 3.10. The molecule has 6 heteroatoms. The molecular formula is C28H33N3O3. The summed E-state index contributed by atoms with van der Waals surface area (Å²) in [5.74, 6) is 0.514. The number of anilines is 2. The second-order valence-corrected chi connectivity index (χ2v) is 8.08. The van der Waals surface area contributed by atoms with Crippen molar-refractivity contribution < 1.29 is 14.3 Å². The van der Waals surface area contributed by atoms with Crippen LogP contribution >= 0.6 is 0 Å². The van der Waals surface area contributed by atoms with Crippen LogP contribution in [-0.4, -0.2) is 25.0 Å². The van der Waals surface area contributed by atoms with Gasteiger partial charge in [-0.15, -0.1) is 0 Å². The van der Waals surface area contributed by atoms with Crippen molar-refractivity contribution in [2.45, 2.75) is 39.2 Å². The predicted octanol–water partition coefficient (Wildman–Crippen LogP) is 5.63. The number of amides is 2. The first-order valence-electron chi connectivity index (χ1n) is 11.8. The minimum Gasteiger partial charge on any atom is -0.494 e. The van der Waals surface area contributed by atoms with Crippen LogP contribution in [0, 0.1) is 0 Å². The Morgan fingerprint density at radius 1 is 0.794 bits per heavy atom. The Kier molecular flexibility index (Phi) is 9.99. The first-order valence-corrected chi connectivity index (χ1v) is 11.8. The molecule has 0 aliphatic carbocycles. The molecule has 0 spiro atoms. The first-order chi connectivity index (χ1) is 16.6. The SMILES string of the molecule is CCCCCCOc1ccc(NC(=O)CNc2ccc(C(=O)NCc3ccccc3)cc2)cc1. The Balaban J connectivity index is 1.37. The van der Waals surface area contributed by atoms with E-state index in [1.807, 2.05) is 54.6 Å². The molecule has 0 unspecified atom stereocenters. The maximum Gasteiger partial charge on any atom is 0.251 e. The fourth-order valence-corrected chi connectivity index (χ4v) is 3.36. The van der Waals surface area contributed by atoms with Gasteiger partial charge in [0.05, 0.1) is 13.2 Å². The molecule has 178 valence electrons. The third-order valence-electron chi connectivity index (χ3n) is 5.30. The summed E-state index contributed by atoms with van der Waals surface area (Å²) in [4.78, 5) is 24.6. The van der Waals surface area contributed by atoms with Crippen molar-refractivity contribution in [3.8, 4) is 5.75 Å². The average molecular weight is 460 g/mol. The minimum absolute atomic E-state index is 0.120. The van der Waals surface area contributed by atoms with E-state index in [4.69, 9.17) is 4.74 Å². The summed E-state index contributed by atoms with van der Waals surface area (Å²) in [5, 5.41) is 8.84. The van der Waals surface area contributed by atoms with Crippen molar-refractivity contribution in [2.75, 3.05) is 23.8 Å². The number of carbonyl (C=O) groups is 2. The zero-order valence-corrected chi connectivity index (χ0v) is 19.7. The van der Waals surface area contributed by atoms with Crippen LogP contribution in [0.25, 0.3) is 0 Å². The molecule has 34 heavy (non-hydrogen) atoms. The predicted molar refractivity (Wildman–Crippen MR) is 137 cm³/mol. The van der Waals surface area contributed by atoms with Crippen molar-refractivity contribution in [1.29, 1.82) is 0 Å². The molecule has 0 aliphatic heterocycles. The number of nitrogens with one attached hydrogen (secondary N) is 3. The number of unbranched alkanes of at least 4 members (excludes halogenated alkanes) is 3. The van der Waals surface area contributed by atoms with Crippen molar-refractivity contribution in [2.24, 2.45) is 0 Å². The summed E-state index contributed by atoms with van der Waals surface area (Å²) in [6, 6.07) is 24.2. The van der Waals surface area contributed by atoms with Crippen molar-refractivity contribution in [1.82, 2.24) is 5.32 Å². The number of ether oxygens (including phenoxy) is 1. The van der Waals surface area contributed by atoms with E-state index in [-0.39, 0.29) is 18.4 Å². The van der Waals surface area contributed by atoms with Gasteiger partial charge < -0.3 is 20.7 Å². The van der Waals surface area contributed by atoms with Crippen LogP contribution < -0.4 is 20.7 Å². The minimum atomic E-state index is -0.155. The number of rotatable bonds is 13. The molecule has 0 heterocycles. The van der Waals surface area contributed by atoms with E-state index in [0.717, 1.165) is 29.1 Å². The third kappa shape index (κ3) is 8.62. The Bertz CT molecular complexity index is 1020. The van der Waals surface area contributed by atoms with Crippen molar-refractivity contribution in [3.63, 3.8) is 0 Å². The molecule has 3 aromatic carbocycles. The van der Waals surface area contributed by atoms with Crippen LogP contribution in [0.15, 0.2) is 78.9 Å². The van der Waals surface area contributed by atoms with Crippen LogP contribution in [0.1, 0.15) is 48.5 Å². The normalized spacial score (nSPS) is 10.4. The lowest BCUT2D eigenvalue weighted by Gasteiger charge is -2.10. The second-order valence-electron chi connectivity index (χ2n) is 8.08. The molecule has 0 radical (unpaired) electrons. The maximum absolute atomic E-state index is 12.3. The largest absolute Gasteiger partial charge is 0.494 e. The van der Waals surface area contributed by atoms with Crippen LogP contribution in [0.2, 0.25) is 0 Å². The molecule has 3 N–H and O–H groups in total. The Labute approximate surface area is 201 Å². The molecule has 0 bridgehead atoms. The Hall–Kier alpha value is -3.80. The van der Waals surface area contributed by atoms with Gasteiger partial charge in [-0.25, -0.2) is 0 Å². The zero-order valence-electron chi connectivity index (χ0n) is 19.7. The lowest BCUT2D eigenvalue weighted by atomic mass is 10.1. The summed E-state index contributed by atoms with van der Waals surface area (Å²) < 4.78 is 5.73. The number of hydrogen-bond donors (Lipinski definition) is 3. The van der Waals surface area contributed by atoms with Crippen LogP contribution in [-0.2, 0) is 11.3 Å². The van der Waals surface area contributed by atoms with Gasteiger partial charge in [-0.2, -0.15) is 0 Å². The molecule has 0 saturated carbocycles. The standard InChI is InChI=1S/C28H33N3O3/c1-2-3-4-8-19-34-26-17-15-25(16-18-26)31-27(32)21-29-24-13-11-23(12-14-24)28(33)30-20-22-9-6-5-7-10-22/h5-7,9-18,29H,2-4,8,19-21H2,1H3,(H,30,33)(H,31,32). The molecule has 0 fully saturated rings. The number of benzene rings is 3. The number of hydrogen-bond acceptors (Lipinski definition) is 4. The van der Waals surface area contributed by atoms with Crippen molar-refractivity contribution in [3.05, 3.63) is 90.0 Å². The Morgan fingerprint density at radius 2 is 1.50 bits per heavy atom. The summed E-state index contributed by atoms with van der Waals surface area (Å²) in [6.07, 6.45) is 4.68. The van der Waals surface area contributed by atoms with E-state index in [0.29, 0.717) is 18.7 Å². The van der Waals surface area contributed by atoms with Gasteiger partial charge in [0.2, 0.25) is 5.91 Å². The highest BCUT2D eigenvalue weighted by Crippen LogP contribution is 2.16. The quantitative estimate of drug-likeness (QED) is 0.290. The number of carbonyl (C=O) groups excluding carboxylic acids is 2. The van der Waals surface area contributed by atoms with Gasteiger partial charge in [-0.3, -0.25) is 9.59 Å². The molecule has 6 nitrogen and oxygen atoms in total. The third-order valence-corrected chi connectivity index (χ3v) is 5.30. The van der Waals surface area contributed by atoms with E-state index in [1.165, 1.54) is 19.3 Å². The topological polar surface area (TPSA) is 79.5 Å². The second kappa shape index (κ2) is 13.7. The van der Waals surface area contributed by atoms with Gasteiger partial charge in [0, 0.05) is 23.5 Å². The summed E-state index contributed by atoms with van der Waals surface area (Å²) in [6.45, 7) is 3.50. The Morgan fingerprint density at radius 3 is 2.21 bits per heavy atom. The van der Waals surface area contributed by atoms with Gasteiger partial charge in [0.25, 0.3) is 5.91 Å². The van der Waals surface area contributed by atoms with E-state index in [9.17, 15) is 9.59 Å². The zero-order chi connectivity index (χ0) is 24.0. The molecule has 0 aromatic heterocycles. The first kappa shape index (κ1) is 24.8. The summed E-state index contributed by atoms with van der Waals surface area (Å²) in [7, 11) is 0. The monoisotopic (exact) mass is 459 g/mol. The van der Waals surface area contributed by atoms with E-state index in [1.54, 1.807) is 24.3 Å². The van der Waals surface area contributed by atoms with Gasteiger partial charge in [-0.05, 0) is 60.5 Å². The molecule has 0 saturated heterocycles. The van der Waals surface area contributed by atoms with Gasteiger partial charge in [-0.1, -0.05) is 56.5 Å². The summed E-state index contributed by atoms with van der Waals surface area (Å²) >= 11 is 0. The fourth-order valence-electron chi connectivity index (χ4n) is 3.36. The van der Waals surface area contributed by atoms with Crippen LogP contribution in [0.5, 0.6) is 5.75 Å². The average Bonchev–Trinajstić information content (AvgIpc) is 2.88. The molecule has 0 atom stereocenters. The molecule has 3 rings (SSSR count). The highest BCUT2D eigenvalue weighted by Gasteiger charge is 2.07.